The van der Waals surface area contributed by atoms with Gasteiger partial charge >= 0.3 is 0 Å². The molecule has 1 fully saturated rings. The molecule has 1 rings (SSSR count). The highest BCUT2D eigenvalue weighted by atomic mass is 28.4. The summed E-state index contributed by atoms with van der Waals surface area (Å²) >= 11 is 0. The summed E-state index contributed by atoms with van der Waals surface area (Å²) in [4.78, 5) is 1.84. The first-order valence-electron chi connectivity index (χ1n) is 6.78. The standard InChI is InChI=1S/C13H27F2NOSi/c1-12(2,3)18(4,5)17-10-6-8-16-9-7-13(14,15)11-16/h6-11H2,1-5H3. The van der Waals surface area contributed by atoms with E-state index in [0.717, 1.165) is 13.0 Å². The average Bonchev–Trinajstić information content (AvgIpc) is 2.51. The number of hydrogen-bond donors (Lipinski definition) is 0. The van der Waals surface area contributed by atoms with Gasteiger partial charge in [0.15, 0.2) is 8.32 Å². The Hall–Kier alpha value is -0.00312. The third-order valence-electron chi connectivity index (χ3n) is 4.14. The minimum atomic E-state index is -2.47. The fourth-order valence-corrected chi connectivity index (χ4v) is 2.92. The first-order valence-corrected chi connectivity index (χ1v) is 9.68. The fourth-order valence-electron chi connectivity index (χ4n) is 1.83. The maximum Gasteiger partial charge on any atom is 0.261 e. The number of likely N-dealkylation sites (tertiary alicyclic amines) is 1. The molecule has 1 saturated heterocycles. The molecule has 0 unspecified atom stereocenters. The molecule has 108 valence electrons. The molecule has 0 aliphatic carbocycles. The fraction of sp³-hybridized carbons (Fsp3) is 1.00. The Kier molecular flexibility index (Phi) is 4.95. The summed E-state index contributed by atoms with van der Waals surface area (Å²) in [6.07, 6.45) is 0.860. The number of hydrogen-bond acceptors (Lipinski definition) is 2. The Bertz CT molecular complexity index is 277. The summed E-state index contributed by atoms with van der Waals surface area (Å²) in [5, 5.41) is 0.216. The smallest absolute Gasteiger partial charge is 0.261 e. The third kappa shape index (κ3) is 4.59. The topological polar surface area (TPSA) is 12.5 Å². The number of rotatable bonds is 5. The van der Waals surface area contributed by atoms with Crippen LogP contribution in [0.5, 0.6) is 0 Å². The molecule has 1 heterocycles. The molecule has 0 N–H and O–H groups in total. The molecule has 0 spiro atoms. The maximum atomic E-state index is 13.0. The second kappa shape index (κ2) is 5.55. The first kappa shape index (κ1) is 16.1. The molecule has 2 nitrogen and oxygen atoms in total. The van der Waals surface area contributed by atoms with Crippen molar-refractivity contribution in [2.45, 2.75) is 57.7 Å². The lowest BCUT2D eigenvalue weighted by Crippen LogP contribution is -2.41. The number of halogens is 2. The molecule has 1 aliphatic rings. The van der Waals surface area contributed by atoms with Crippen molar-refractivity contribution in [3.8, 4) is 0 Å². The Morgan fingerprint density at radius 1 is 1.28 bits per heavy atom. The van der Waals surface area contributed by atoms with Crippen LogP contribution in [0.1, 0.15) is 33.6 Å². The van der Waals surface area contributed by atoms with Gasteiger partial charge in [-0.1, -0.05) is 20.8 Å². The molecule has 0 bridgehead atoms. The van der Waals surface area contributed by atoms with Crippen LogP contribution >= 0.6 is 0 Å². The van der Waals surface area contributed by atoms with Gasteiger partial charge in [-0.25, -0.2) is 8.78 Å². The highest BCUT2D eigenvalue weighted by molar-refractivity contribution is 6.74. The monoisotopic (exact) mass is 279 g/mol. The van der Waals surface area contributed by atoms with Crippen LogP contribution in [0.4, 0.5) is 8.78 Å². The van der Waals surface area contributed by atoms with Gasteiger partial charge in [-0.15, -0.1) is 0 Å². The molecule has 0 radical (unpaired) electrons. The normalized spacial score (nSPS) is 21.5. The zero-order chi connectivity index (χ0) is 14.0. The molecular formula is C13H27F2NOSi. The molecule has 5 heteroatoms. The molecule has 0 saturated carbocycles. The second-order valence-corrected chi connectivity index (χ2v) is 11.7. The van der Waals surface area contributed by atoms with Gasteiger partial charge in [0, 0.05) is 26.1 Å². The zero-order valence-electron chi connectivity index (χ0n) is 12.4. The van der Waals surface area contributed by atoms with Crippen LogP contribution in [-0.4, -0.2) is 45.4 Å². The molecule has 0 atom stereocenters. The molecule has 0 aromatic carbocycles. The van der Waals surface area contributed by atoms with E-state index in [9.17, 15) is 8.78 Å². The number of nitrogens with zero attached hydrogens (tertiary/aromatic N) is 1. The van der Waals surface area contributed by atoms with Crippen molar-refractivity contribution in [1.82, 2.24) is 4.90 Å². The van der Waals surface area contributed by atoms with Crippen LogP contribution in [0.3, 0.4) is 0 Å². The molecule has 18 heavy (non-hydrogen) atoms. The van der Waals surface area contributed by atoms with Crippen LogP contribution in [0.25, 0.3) is 0 Å². The van der Waals surface area contributed by atoms with Gasteiger partial charge in [-0.3, -0.25) is 4.90 Å². The van der Waals surface area contributed by atoms with Crippen molar-refractivity contribution < 1.29 is 13.2 Å². The molecule has 0 aromatic heterocycles. The predicted molar refractivity (Wildman–Crippen MR) is 73.8 cm³/mol. The van der Waals surface area contributed by atoms with Crippen molar-refractivity contribution >= 4 is 8.32 Å². The quantitative estimate of drug-likeness (QED) is 0.561. The predicted octanol–water partition coefficient (Wildman–Crippen LogP) is 3.74. The zero-order valence-corrected chi connectivity index (χ0v) is 13.4. The van der Waals surface area contributed by atoms with E-state index in [0.29, 0.717) is 13.2 Å². The van der Waals surface area contributed by atoms with Crippen molar-refractivity contribution in [1.29, 1.82) is 0 Å². The Morgan fingerprint density at radius 3 is 2.33 bits per heavy atom. The average molecular weight is 279 g/mol. The van der Waals surface area contributed by atoms with E-state index >= 15 is 0 Å². The van der Waals surface area contributed by atoms with Crippen LogP contribution in [0, 0.1) is 0 Å². The third-order valence-corrected chi connectivity index (χ3v) is 8.67. The SMILES string of the molecule is CC(C)(C)[Si](C)(C)OCCCN1CCC(F)(F)C1. The van der Waals surface area contributed by atoms with Crippen molar-refractivity contribution in [2.24, 2.45) is 0 Å². The Morgan fingerprint density at radius 2 is 1.89 bits per heavy atom. The van der Waals surface area contributed by atoms with Gasteiger partial charge in [0.1, 0.15) is 0 Å². The van der Waals surface area contributed by atoms with E-state index in [1.165, 1.54) is 0 Å². The minimum Gasteiger partial charge on any atom is -0.417 e. The summed E-state index contributed by atoms with van der Waals surface area (Å²) < 4.78 is 32.0. The summed E-state index contributed by atoms with van der Waals surface area (Å²) in [6, 6.07) is 0. The molecular weight excluding hydrogens is 252 g/mol. The van der Waals surface area contributed by atoms with Crippen LogP contribution in [0.15, 0.2) is 0 Å². The van der Waals surface area contributed by atoms with Crippen molar-refractivity contribution in [2.75, 3.05) is 26.2 Å². The summed E-state index contributed by atoms with van der Waals surface area (Å²) in [6.45, 7) is 12.9. The lowest BCUT2D eigenvalue weighted by molar-refractivity contribution is 0.0118. The molecule has 1 aliphatic heterocycles. The lowest BCUT2D eigenvalue weighted by atomic mass is 10.2. The van der Waals surface area contributed by atoms with E-state index in [1.807, 2.05) is 4.90 Å². The Labute approximate surface area is 111 Å². The Balaban J connectivity index is 2.20. The van der Waals surface area contributed by atoms with Gasteiger partial charge in [0.2, 0.25) is 0 Å². The summed E-state index contributed by atoms with van der Waals surface area (Å²) in [5.74, 6) is -2.47. The van der Waals surface area contributed by atoms with Gasteiger partial charge < -0.3 is 4.43 Å². The van der Waals surface area contributed by atoms with E-state index in [2.05, 4.69) is 33.9 Å². The summed E-state index contributed by atoms with van der Waals surface area (Å²) in [7, 11) is -1.68. The molecule has 0 amide bonds. The second-order valence-electron chi connectivity index (χ2n) is 6.84. The van der Waals surface area contributed by atoms with E-state index in [1.54, 1.807) is 0 Å². The largest absolute Gasteiger partial charge is 0.417 e. The van der Waals surface area contributed by atoms with E-state index in [-0.39, 0.29) is 18.0 Å². The van der Waals surface area contributed by atoms with Gasteiger partial charge in [0.05, 0.1) is 6.54 Å². The minimum absolute atomic E-state index is 0.0100. The number of alkyl halides is 2. The highest BCUT2D eigenvalue weighted by Crippen LogP contribution is 2.36. The van der Waals surface area contributed by atoms with Crippen LogP contribution in [-0.2, 0) is 4.43 Å². The summed E-state index contributed by atoms with van der Waals surface area (Å²) in [5.41, 5.74) is 0. The lowest BCUT2D eigenvalue weighted by Gasteiger charge is -2.36. The first-order chi connectivity index (χ1) is 8.04. The van der Waals surface area contributed by atoms with E-state index < -0.39 is 14.2 Å². The van der Waals surface area contributed by atoms with Crippen LogP contribution in [0.2, 0.25) is 18.1 Å². The van der Waals surface area contributed by atoms with Crippen LogP contribution < -0.4 is 0 Å². The highest BCUT2D eigenvalue weighted by Gasteiger charge is 2.38. The molecule has 0 aromatic rings. The van der Waals surface area contributed by atoms with Gasteiger partial charge in [0.25, 0.3) is 5.92 Å². The van der Waals surface area contributed by atoms with E-state index in [4.69, 9.17) is 4.43 Å². The maximum absolute atomic E-state index is 13.0. The van der Waals surface area contributed by atoms with Gasteiger partial charge in [-0.05, 0) is 24.6 Å². The van der Waals surface area contributed by atoms with Crippen molar-refractivity contribution in [3.63, 3.8) is 0 Å². The van der Waals surface area contributed by atoms with Gasteiger partial charge in [-0.2, -0.15) is 0 Å². The van der Waals surface area contributed by atoms with Crippen molar-refractivity contribution in [3.05, 3.63) is 0 Å².